The molecule has 2 aromatic carbocycles. The average molecular weight is 429 g/mol. The molecule has 0 radical (unpaired) electrons. The Labute approximate surface area is 163 Å². The number of amides is 1. The van der Waals surface area contributed by atoms with E-state index in [0.29, 0.717) is 11.3 Å². The molecule has 0 bridgehead atoms. The second kappa shape index (κ2) is 7.58. The monoisotopic (exact) mass is 428 g/mol. The summed E-state index contributed by atoms with van der Waals surface area (Å²) >= 11 is 12.6. The van der Waals surface area contributed by atoms with Crippen molar-refractivity contribution in [2.75, 3.05) is 10.0 Å². The van der Waals surface area contributed by atoms with Crippen LogP contribution in [0.15, 0.2) is 52.9 Å². The molecule has 0 saturated heterocycles. The normalized spacial score (nSPS) is 11.2. The summed E-state index contributed by atoms with van der Waals surface area (Å²) < 4.78 is 26.8. The molecule has 3 rings (SSSR count). The van der Waals surface area contributed by atoms with E-state index in [9.17, 15) is 13.2 Å². The number of hydrogen-bond donors (Lipinski definition) is 2. The van der Waals surface area contributed by atoms with Crippen LogP contribution < -0.4 is 10.0 Å². The summed E-state index contributed by atoms with van der Waals surface area (Å²) in [5.41, 5.74) is 0.453. The lowest BCUT2D eigenvalue weighted by Crippen LogP contribution is -2.13. The molecule has 0 aliphatic heterocycles. The maximum atomic E-state index is 12.4. The molecule has 1 amide bonds. The zero-order valence-corrected chi connectivity index (χ0v) is 16.0. The van der Waals surface area contributed by atoms with Crippen molar-refractivity contribution in [2.45, 2.75) is 4.34 Å². The molecule has 0 aliphatic carbocycles. The molecule has 2 N–H and O–H groups in total. The number of aromatic nitrogens is 2. The molecular formula is C15H10Cl2N4O3S2. The molecule has 0 saturated carbocycles. The minimum Gasteiger partial charge on any atom is -0.296 e. The maximum absolute atomic E-state index is 12.4. The van der Waals surface area contributed by atoms with Gasteiger partial charge in [0.25, 0.3) is 20.3 Å². The predicted octanol–water partition coefficient (Wildman–Crippen LogP) is 3.90. The van der Waals surface area contributed by atoms with Crippen LogP contribution in [-0.4, -0.2) is 24.5 Å². The molecule has 1 heterocycles. The quantitative estimate of drug-likeness (QED) is 0.600. The zero-order chi connectivity index (χ0) is 18.7. The van der Waals surface area contributed by atoms with Gasteiger partial charge in [-0.3, -0.25) is 14.8 Å². The maximum Gasteiger partial charge on any atom is 0.291 e. The van der Waals surface area contributed by atoms with Gasteiger partial charge in [-0.1, -0.05) is 58.8 Å². The molecule has 0 fully saturated rings. The molecule has 11 heteroatoms. The van der Waals surface area contributed by atoms with Crippen LogP contribution in [-0.2, 0) is 10.0 Å². The highest BCUT2D eigenvalue weighted by molar-refractivity contribution is 7.94. The van der Waals surface area contributed by atoms with E-state index >= 15 is 0 Å². The zero-order valence-electron chi connectivity index (χ0n) is 12.8. The lowest BCUT2D eigenvalue weighted by Gasteiger charge is -2.06. The summed E-state index contributed by atoms with van der Waals surface area (Å²) in [6.45, 7) is 0. The molecule has 7 nitrogen and oxygen atoms in total. The molecule has 26 heavy (non-hydrogen) atoms. The summed E-state index contributed by atoms with van der Waals surface area (Å²) in [5, 5.41) is 10.3. The Hall–Kier alpha value is -2.20. The van der Waals surface area contributed by atoms with E-state index in [1.54, 1.807) is 36.4 Å². The van der Waals surface area contributed by atoms with Crippen molar-refractivity contribution >= 4 is 61.3 Å². The van der Waals surface area contributed by atoms with E-state index in [1.165, 1.54) is 12.1 Å². The number of nitrogens with zero attached hydrogens (tertiary/aromatic N) is 2. The van der Waals surface area contributed by atoms with Crippen LogP contribution >= 0.6 is 34.5 Å². The van der Waals surface area contributed by atoms with Crippen molar-refractivity contribution in [3.63, 3.8) is 0 Å². The number of hydrogen-bond acceptors (Lipinski definition) is 6. The van der Waals surface area contributed by atoms with Crippen LogP contribution in [0.5, 0.6) is 0 Å². The van der Waals surface area contributed by atoms with Gasteiger partial charge in [0.05, 0.1) is 21.3 Å². The largest absolute Gasteiger partial charge is 0.296 e. The van der Waals surface area contributed by atoms with Gasteiger partial charge in [-0.2, -0.15) is 8.42 Å². The fourth-order valence-electron chi connectivity index (χ4n) is 1.91. The molecule has 0 atom stereocenters. The van der Waals surface area contributed by atoms with Gasteiger partial charge in [0.2, 0.25) is 5.13 Å². The van der Waals surface area contributed by atoms with Crippen LogP contribution in [0.2, 0.25) is 10.0 Å². The number of rotatable bonds is 5. The van der Waals surface area contributed by atoms with E-state index in [1.807, 2.05) is 0 Å². The fraction of sp³-hybridized carbons (Fsp3) is 0. The number of halogens is 2. The fourth-order valence-corrected chi connectivity index (χ4v) is 4.35. The minimum absolute atomic E-state index is 0.0226. The summed E-state index contributed by atoms with van der Waals surface area (Å²) in [6, 6.07) is 12.8. The highest BCUT2D eigenvalue weighted by atomic mass is 35.5. The van der Waals surface area contributed by atoms with Crippen LogP contribution in [0.4, 0.5) is 10.8 Å². The van der Waals surface area contributed by atoms with Gasteiger partial charge in [0, 0.05) is 0 Å². The van der Waals surface area contributed by atoms with Crippen molar-refractivity contribution in [2.24, 2.45) is 0 Å². The van der Waals surface area contributed by atoms with E-state index in [0.717, 1.165) is 0 Å². The smallest absolute Gasteiger partial charge is 0.291 e. The Balaban J connectivity index is 1.78. The van der Waals surface area contributed by atoms with Crippen molar-refractivity contribution < 1.29 is 13.2 Å². The van der Waals surface area contributed by atoms with Gasteiger partial charge in [0.1, 0.15) is 0 Å². The van der Waals surface area contributed by atoms with E-state index < -0.39 is 15.9 Å². The lowest BCUT2D eigenvalue weighted by atomic mass is 10.2. The Kier molecular flexibility index (Phi) is 5.42. The van der Waals surface area contributed by atoms with Crippen molar-refractivity contribution in [3.8, 4) is 0 Å². The van der Waals surface area contributed by atoms with Crippen LogP contribution in [0, 0.1) is 0 Å². The van der Waals surface area contributed by atoms with E-state index in [2.05, 4.69) is 20.2 Å². The van der Waals surface area contributed by atoms with Gasteiger partial charge >= 0.3 is 0 Å². The van der Waals surface area contributed by atoms with Crippen molar-refractivity contribution in [1.29, 1.82) is 0 Å². The number of nitrogens with one attached hydrogen (secondary N) is 2. The molecule has 1 aromatic heterocycles. The third-order valence-electron chi connectivity index (χ3n) is 3.09. The first-order chi connectivity index (χ1) is 12.4. The van der Waals surface area contributed by atoms with Crippen molar-refractivity contribution in [3.05, 3.63) is 64.1 Å². The first kappa shape index (κ1) is 18.6. The number of anilines is 2. The van der Waals surface area contributed by atoms with Crippen LogP contribution in [0.3, 0.4) is 0 Å². The highest BCUT2D eigenvalue weighted by Crippen LogP contribution is 2.27. The van der Waals surface area contributed by atoms with Gasteiger partial charge in [-0.25, -0.2) is 0 Å². The minimum atomic E-state index is -3.99. The number of carbonyl (C=O) groups is 1. The van der Waals surface area contributed by atoms with E-state index in [4.69, 9.17) is 23.2 Å². The third kappa shape index (κ3) is 4.13. The second-order valence-electron chi connectivity index (χ2n) is 4.89. The van der Waals surface area contributed by atoms with Gasteiger partial charge in [-0.05, 0) is 24.3 Å². The molecule has 0 aliphatic rings. The summed E-state index contributed by atoms with van der Waals surface area (Å²) in [4.78, 5) is 12.2. The first-order valence-electron chi connectivity index (χ1n) is 7.03. The van der Waals surface area contributed by atoms with Crippen molar-refractivity contribution in [1.82, 2.24) is 10.2 Å². The Morgan fingerprint density at radius 2 is 1.62 bits per heavy atom. The number of sulfonamides is 1. The average Bonchev–Trinajstić information content (AvgIpc) is 3.06. The molecule has 0 spiro atoms. The van der Waals surface area contributed by atoms with Gasteiger partial charge < -0.3 is 0 Å². The third-order valence-corrected chi connectivity index (χ3v) is 6.32. The number of carbonyl (C=O) groups excluding carboxylic acids is 1. The number of para-hydroxylation sites is 1. The Morgan fingerprint density at radius 3 is 2.31 bits per heavy atom. The highest BCUT2D eigenvalue weighted by Gasteiger charge is 2.22. The summed E-state index contributed by atoms with van der Waals surface area (Å²) in [6.07, 6.45) is 0. The molecule has 3 aromatic rings. The van der Waals surface area contributed by atoms with Gasteiger partial charge in [0.15, 0.2) is 0 Å². The Bertz CT molecular complexity index is 1070. The standard InChI is InChI=1S/C15H10Cl2N4O3S2/c16-10-6-2-1-5-9(10)13(22)18-14-19-20-15(25-14)26(23,24)21-12-8-4-3-7-11(12)17/h1-8,21H,(H,18,19,22). The molecule has 0 unspecified atom stereocenters. The topological polar surface area (TPSA) is 101 Å². The summed E-state index contributed by atoms with van der Waals surface area (Å²) in [5.74, 6) is -0.519. The van der Waals surface area contributed by atoms with Gasteiger partial charge in [-0.15, -0.1) is 10.2 Å². The molecular weight excluding hydrogens is 419 g/mol. The summed E-state index contributed by atoms with van der Waals surface area (Å²) in [7, 11) is -3.99. The number of benzene rings is 2. The second-order valence-corrected chi connectivity index (χ2v) is 8.54. The van der Waals surface area contributed by atoms with Crippen LogP contribution in [0.25, 0.3) is 0 Å². The SMILES string of the molecule is O=C(Nc1nnc(S(=O)(=O)Nc2ccccc2Cl)s1)c1ccccc1Cl. The van der Waals surface area contributed by atoms with Crippen LogP contribution in [0.1, 0.15) is 10.4 Å². The molecule has 134 valence electrons. The predicted molar refractivity (Wildman–Crippen MR) is 102 cm³/mol. The lowest BCUT2D eigenvalue weighted by molar-refractivity contribution is 0.102. The van der Waals surface area contributed by atoms with E-state index in [-0.39, 0.29) is 30.8 Å². The first-order valence-corrected chi connectivity index (χ1v) is 10.1. The Morgan fingerprint density at radius 1 is 0.962 bits per heavy atom.